The molecule has 1 atom stereocenters. The number of hydrogen-bond donors (Lipinski definition) is 1. The summed E-state index contributed by atoms with van der Waals surface area (Å²) in [6.45, 7) is 5.15. The van der Waals surface area contributed by atoms with Crippen molar-refractivity contribution in [3.05, 3.63) is 28.2 Å². The fourth-order valence-corrected chi connectivity index (χ4v) is 3.55. The molecule has 1 aromatic carbocycles. The first-order chi connectivity index (χ1) is 10.1. The van der Waals surface area contributed by atoms with Gasteiger partial charge in [-0.15, -0.1) is 0 Å². The van der Waals surface area contributed by atoms with Crippen LogP contribution in [0, 0.1) is 11.3 Å². The highest BCUT2D eigenvalue weighted by Crippen LogP contribution is 2.47. The van der Waals surface area contributed by atoms with Crippen LogP contribution in [0.4, 0.5) is 0 Å². The third-order valence-electron chi connectivity index (χ3n) is 4.40. The normalized spacial score (nSPS) is 17.5. The highest BCUT2D eigenvalue weighted by molar-refractivity contribution is 9.10. The van der Waals surface area contributed by atoms with Gasteiger partial charge >= 0.3 is 0 Å². The molecule has 0 aliphatic heterocycles. The fraction of sp³-hybridized carbons (Fsp3) is 0.647. The van der Waals surface area contributed by atoms with Gasteiger partial charge in [-0.2, -0.15) is 0 Å². The van der Waals surface area contributed by atoms with Crippen LogP contribution in [0.15, 0.2) is 22.7 Å². The molecule has 4 heteroatoms. The summed E-state index contributed by atoms with van der Waals surface area (Å²) in [5.41, 5.74) is 1.69. The fourth-order valence-electron chi connectivity index (χ4n) is 2.97. The van der Waals surface area contributed by atoms with Crippen LogP contribution in [-0.4, -0.2) is 33.9 Å². The molecule has 2 rings (SSSR count). The minimum atomic E-state index is 0.321. The molecule has 0 heterocycles. The van der Waals surface area contributed by atoms with E-state index in [1.807, 2.05) is 6.07 Å². The molecule has 0 saturated heterocycles. The highest BCUT2D eigenvalue weighted by Gasteiger charge is 2.41. The van der Waals surface area contributed by atoms with Crippen molar-refractivity contribution in [3.63, 3.8) is 0 Å². The molecule has 1 aliphatic rings. The number of halogens is 1. The van der Waals surface area contributed by atoms with Crippen LogP contribution in [0.3, 0.4) is 0 Å². The number of benzene rings is 1. The lowest BCUT2D eigenvalue weighted by molar-refractivity contribution is 0.187. The maximum Gasteiger partial charge on any atom is 0.133 e. The topological polar surface area (TPSA) is 30.5 Å². The van der Waals surface area contributed by atoms with Gasteiger partial charge in [-0.25, -0.2) is 0 Å². The first-order valence-electron chi connectivity index (χ1n) is 7.61. The van der Waals surface area contributed by atoms with Crippen molar-refractivity contribution in [3.8, 4) is 5.75 Å². The van der Waals surface area contributed by atoms with Crippen molar-refractivity contribution in [1.82, 2.24) is 5.32 Å². The third kappa shape index (κ3) is 4.70. The second-order valence-electron chi connectivity index (χ2n) is 6.24. The molecule has 1 saturated carbocycles. The van der Waals surface area contributed by atoms with Crippen molar-refractivity contribution < 1.29 is 9.47 Å². The molecule has 0 bridgehead atoms. The summed E-state index contributed by atoms with van der Waals surface area (Å²) in [6, 6.07) is 6.42. The minimum Gasteiger partial charge on any atom is -0.496 e. The lowest BCUT2D eigenvalue weighted by atomic mass is 9.79. The van der Waals surface area contributed by atoms with Gasteiger partial charge in [-0.05, 0) is 64.2 Å². The summed E-state index contributed by atoms with van der Waals surface area (Å²) >= 11 is 3.58. The summed E-state index contributed by atoms with van der Waals surface area (Å²) in [7, 11) is 3.45. The zero-order chi connectivity index (χ0) is 15.3. The molecule has 0 radical (unpaired) electrons. The number of nitrogens with one attached hydrogen (secondary N) is 1. The Morgan fingerprint density at radius 2 is 2.10 bits per heavy atom. The molecule has 1 aromatic rings. The van der Waals surface area contributed by atoms with E-state index in [4.69, 9.17) is 9.47 Å². The van der Waals surface area contributed by atoms with Crippen molar-refractivity contribution in [1.29, 1.82) is 0 Å². The highest BCUT2D eigenvalue weighted by atomic mass is 79.9. The Labute approximate surface area is 136 Å². The first-order valence-corrected chi connectivity index (χ1v) is 8.40. The molecule has 0 amide bonds. The maximum atomic E-state index is 5.31. The number of rotatable bonds is 9. The van der Waals surface area contributed by atoms with E-state index >= 15 is 0 Å². The van der Waals surface area contributed by atoms with Crippen LogP contribution in [0.1, 0.15) is 25.3 Å². The Hall–Kier alpha value is -0.580. The molecule has 118 valence electrons. The largest absolute Gasteiger partial charge is 0.496 e. The minimum absolute atomic E-state index is 0.321. The van der Waals surface area contributed by atoms with Crippen LogP contribution >= 0.6 is 15.9 Å². The molecular weight excluding hydrogens is 330 g/mol. The van der Waals surface area contributed by atoms with Crippen LogP contribution in [-0.2, 0) is 11.2 Å². The Balaban J connectivity index is 2.00. The summed E-state index contributed by atoms with van der Waals surface area (Å²) in [4.78, 5) is 0. The third-order valence-corrected chi connectivity index (χ3v) is 5.02. The lowest BCUT2D eigenvalue weighted by Crippen LogP contribution is -2.37. The lowest BCUT2D eigenvalue weighted by Gasteiger charge is -2.30. The average molecular weight is 356 g/mol. The van der Waals surface area contributed by atoms with Gasteiger partial charge in [-0.3, -0.25) is 0 Å². The number of ether oxygens (including phenoxy) is 2. The van der Waals surface area contributed by atoms with E-state index in [0.29, 0.717) is 5.41 Å². The second-order valence-corrected chi connectivity index (χ2v) is 7.10. The van der Waals surface area contributed by atoms with E-state index in [1.165, 1.54) is 18.4 Å². The van der Waals surface area contributed by atoms with Crippen LogP contribution in [0.5, 0.6) is 5.75 Å². The summed E-state index contributed by atoms with van der Waals surface area (Å²) in [5.74, 6) is 1.73. The molecule has 1 fully saturated rings. The van der Waals surface area contributed by atoms with E-state index in [2.05, 4.69) is 40.3 Å². The Kier molecular flexibility index (Phi) is 6.08. The molecule has 0 aromatic heterocycles. The number of hydrogen-bond acceptors (Lipinski definition) is 3. The van der Waals surface area contributed by atoms with Gasteiger partial charge in [-0.1, -0.05) is 13.0 Å². The van der Waals surface area contributed by atoms with Crippen LogP contribution < -0.4 is 10.1 Å². The van der Waals surface area contributed by atoms with E-state index in [0.717, 1.165) is 42.3 Å². The van der Waals surface area contributed by atoms with Crippen molar-refractivity contribution >= 4 is 15.9 Å². The van der Waals surface area contributed by atoms with Gasteiger partial charge < -0.3 is 14.8 Å². The van der Waals surface area contributed by atoms with Gasteiger partial charge in [0.1, 0.15) is 5.75 Å². The van der Waals surface area contributed by atoms with E-state index < -0.39 is 0 Å². The molecule has 1 N–H and O–H groups in total. The monoisotopic (exact) mass is 355 g/mol. The maximum absolute atomic E-state index is 5.31. The Bertz CT molecular complexity index is 462. The summed E-state index contributed by atoms with van der Waals surface area (Å²) < 4.78 is 11.5. The predicted octanol–water partition coefficient (Wildman–Crippen LogP) is 3.65. The van der Waals surface area contributed by atoms with Gasteiger partial charge in [0, 0.05) is 20.2 Å². The summed E-state index contributed by atoms with van der Waals surface area (Å²) in [6.07, 6.45) is 3.82. The summed E-state index contributed by atoms with van der Waals surface area (Å²) in [5, 5.41) is 3.54. The van der Waals surface area contributed by atoms with E-state index in [1.54, 1.807) is 14.2 Å². The standard InChI is InChI=1S/C17H26BrNO2/c1-17(14-5-6-14,12-19-8-9-20-2)11-13-4-7-16(21-3)15(18)10-13/h4,7,10,14,19H,5-6,8-9,11-12H2,1-3H3. The van der Waals surface area contributed by atoms with E-state index in [9.17, 15) is 0 Å². The van der Waals surface area contributed by atoms with Crippen molar-refractivity contribution in [2.45, 2.75) is 26.2 Å². The zero-order valence-corrected chi connectivity index (χ0v) is 14.8. The second kappa shape index (κ2) is 7.61. The average Bonchev–Trinajstić information content (AvgIpc) is 3.29. The molecule has 1 aliphatic carbocycles. The smallest absolute Gasteiger partial charge is 0.133 e. The predicted molar refractivity (Wildman–Crippen MR) is 90.0 cm³/mol. The SMILES string of the molecule is COCCNCC(C)(Cc1ccc(OC)c(Br)c1)C1CC1. The van der Waals surface area contributed by atoms with Gasteiger partial charge in [0.05, 0.1) is 18.2 Å². The van der Waals surface area contributed by atoms with Gasteiger partial charge in [0.15, 0.2) is 0 Å². The quantitative estimate of drug-likeness (QED) is 0.685. The Morgan fingerprint density at radius 3 is 2.67 bits per heavy atom. The van der Waals surface area contributed by atoms with Crippen molar-refractivity contribution in [2.24, 2.45) is 11.3 Å². The first kappa shape index (κ1) is 16.8. The number of methoxy groups -OCH3 is 2. The molecule has 0 spiro atoms. The molecule has 3 nitrogen and oxygen atoms in total. The zero-order valence-electron chi connectivity index (χ0n) is 13.2. The molecule has 1 unspecified atom stereocenters. The Morgan fingerprint density at radius 1 is 1.33 bits per heavy atom. The van der Waals surface area contributed by atoms with E-state index in [-0.39, 0.29) is 0 Å². The molecular formula is C17H26BrNO2. The van der Waals surface area contributed by atoms with Gasteiger partial charge in [0.2, 0.25) is 0 Å². The van der Waals surface area contributed by atoms with Crippen LogP contribution in [0.25, 0.3) is 0 Å². The van der Waals surface area contributed by atoms with Crippen LogP contribution in [0.2, 0.25) is 0 Å². The van der Waals surface area contributed by atoms with Crippen molar-refractivity contribution in [2.75, 3.05) is 33.9 Å². The van der Waals surface area contributed by atoms with Gasteiger partial charge in [0.25, 0.3) is 0 Å². The molecule has 21 heavy (non-hydrogen) atoms.